The molecule has 0 N–H and O–H groups in total. The van der Waals surface area contributed by atoms with Gasteiger partial charge in [0.05, 0.1) is 6.54 Å². The average molecular weight is 273 g/mol. The Morgan fingerprint density at radius 1 is 1.10 bits per heavy atom. The standard InChI is InChI=1S/C16H23N3O/c1-11(2)13-7-6-8-14(9-13)19(5)10-15-17-18-16(20-15)12(3)4/h6-9,11-12H,10H2,1-5H3. The molecule has 0 aliphatic rings. The fourth-order valence-electron chi connectivity index (χ4n) is 1.98. The van der Waals surface area contributed by atoms with E-state index in [0.29, 0.717) is 24.2 Å². The van der Waals surface area contributed by atoms with Gasteiger partial charge in [-0.2, -0.15) is 0 Å². The molecule has 2 aromatic rings. The lowest BCUT2D eigenvalue weighted by molar-refractivity contribution is 0.431. The quantitative estimate of drug-likeness (QED) is 0.827. The lowest BCUT2D eigenvalue weighted by Crippen LogP contribution is -2.16. The molecule has 0 fully saturated rings. The Balaban J connectivity index is 2.10. The summed E-state index contributed by atoms with van der Waals surface area (Å²) in [5, 5.41) is 8.17. The average Bonchev–Trinajstić information content (AvgIpc) is 2.87. The summed E-state index contributed by atoms with van der Waals surface area (Å²) in [7, 11) is 2.04. The molecule has 0 saturated heterocycles. The highest BCUT2D eigenvalue weighted by Gasteiger charge is 2.12. The zero-order valence-electron chi connectivity index (χ0n) is 12.9. The minimum atomic E-state index is 0.269. The van der Waals surface area contributed by atoms with E-state index in [0.717, 1.165) is 0 Å². The van der Waals surface area contributed by atoms with Crippen molar-refractivity contribution in [2.24, 2.45) is 0 Å². The van der Waals surface area contributed by atoms with Crippen molar-refractivity contribution in [2.45, 2.75) is 46.1 Å². The number of nitrogens with zero attached hydrogens (tertiary/aromatic N) is 3. The third kappa shape index (κ3) is 3.38. The molecule has 0 spiro atoms. The molecule has 0 amide bonds. The fourth-order valence-corrected chi connectivity index (χ4v) is 1.98. The van der Waals surface area contributed by atoms with Crippen LogP contribution in [-0.2, 0) is 6.54 Å². The maximum atomic E-state index is 5.65. The van der Waals surface area contributed by atoms with Gasteiger partial charge >= 0.3 is 0 Å². The van der Waals surface area contributed by atoms with E-state index in [1.165, 1.54) is 11.3 Å². The zero-order chi connectivity index (χ0) is 14.7. The molecule has 0 atom stereocenters. The van der Waals surface area contributed by atoms with E-state index in [-0.39, 0.29) is 5.92 Å². The van der Waals surface area contributed by atoms with Gasteiger partial charge in [-0.1, -0.05) is 39.8 Å². The van der Waals surface area contributed by atoms with Gasteiger partial charge in [-0.15, -0.1) is 10.2 Å². The molecule has 0 aliphatic carbocycles. The van der Waals surface area contributed by atoms with Gasteiger partial charge in [0.15, 0.2) is 0 Å². The van der Waals surface area contributed by atoms with Gasteiger partial charge < -0.3 is 9.32 Å². The van der Waals surface area contributed by atoms with E-state index < -0.39 is 0 Å². The van der Waals surface area contributed by atoms with Gasteiger partial charge in [-0.25, -0.2) is 0 Å². The molecular weight excluding hydrogens is 250 g/mol. The second-order valence-corrected chi connectivity index (χ2v) is 5.79. The van der Waals surface area contributed by atoms with Crippen LogP contribution in [0.4, 0.5) is 5.69 Å². The summed E-state index contributed by atoms with van der Waals surface area (Å²) in [6.07, 6.45) is 0. The number of aromatic nitrogens is 2. The van der Waals surface area contributed by atoms with Gasteiger partial charge in [0, 0.05) is 18.7 Å². The maximum Gasteiger partial charge on any atom is 0.235 e. The molecule has 4 heteroatoms. The third-order valence-corrected chi connectivity index (χ3v) is 3.33. The van der Waals surface area contributed by atoms with Crippen LogP contribution in [0.1, 0.15) is 56.9 Å². The molecule has 108 valence electrons. The highest BCUT2D eigenvalue weighted by atomic mass is 16.4. The first-order valence-corrected chi connectivity index (χ1v) is 7.10. The maximum absolute atomic E-state index is 5.65. The van der Waals surface area contributed by atoms with Crippen molar-refractivity contribution in [1.29, 1.82) is 0 Å². The summed E-state index contributed by atoms with van der Waals surface area (Å²) in [5.74, 6) is 2.15. The van der Waals surface area contributed by atoms with Crippen LogP contribution in [0.25, 0.3) is 0 Å². The second-order valence-electron chi connectivity index (χ2n) is 5.79. The molecular formula is C16H23N3O. The summed E-state index contributed by atoms with van der Waals surface area (Å²) >= 11 is 0. The molecule has 1 heterocycles. The third-order valence-electron chi connectivity index (χ3n) is 3.33. The Hall–Kier alpha value is -1.84. The van der Waals surface area contributed by atoms with E-state index in [2.05, 4.69) is 53.2 Å². The molecule has 0 radical (unpaired) electrons. The molecule has 1 aromatic heterocycles. The highest BCUT2D eigenvalue weighted by molar-refractivity contribution is 5.48. The Morgan fingerprint density at radius 2 is 1.85 bits per heavy atom. The first-order chi connectivity index (χ1) is 9.47. The molecule has 0 unspecified atom stereocenters. The summed E-state index contributed by atoms with van der Waals surface area (Å²) < 4.78 is 5.65. The lowest BCUT2D eigenvalue weighted by atomic mass is 10.0. The van der Waals surface area contributed by atoms with Gasteiger partial charge in [0.25, 0.3) is 0 Å². The highest BCUT2D eigenvalue weighted by Crippen LogP contribution is 2.22. The topological polar surface area (TPSA) is 42.2 Å². The van der Waals surface area contributed by atoms with Crippen LogP contribution < -0.4 is 4.90 Å². The van der Waals surface area contributed by atoms with Gasteiger partial charge in [0.2, 0.25) is 11.8 Å². The molecule has 0 bridgehead atoms. The van der Waals surface area contributed by atoms with Crippen LogP contribution in [0.5, 0.6) is 0 Å². The smallest absolute Gasteiger partial charge is 0.235 e. The summed E-state index contributed by atoms with van der Waals surface area (Å²) in [6, 6.07) is 8.57. The van der Waals surface area contributed by atoms with Crippen LogP contribution in [0.3, 0.4) is 0 Å². The van der Waals surface area contributed by atoms with Crippen molar-refractivity contribution in [2.75, 3.05) is 11.9 Å². The SMILES string of the molecule is CC(C)c1cccc(N(C)Cc2nnc(C(C)C)o2)c1. The monoisotopic (exact) mass is 273 g/mol. The second kappa shape index (κ2) is 6.07. The largest absolute Gasteiger partial charge is 0.423 e. The summed E-state index contributed by atoms with van der Waals surface area (Å²) in [6.45, 7) is 9.12. The van der Waals surface area contributed by atoms with Crippen LogP contribution >= 0.6 is 0 Å². The van der Waals surface area contributed by atoms with Crippen LogP contribution in [0.2, 0.25) is 0 Å². The molecule has 4 nitrogen and oxygen atoms in total. The van der Waals surface area contributed by atoms with Gasteiger partial charge in [-0.05, 0) is 23.6 Å². The first-order valence-electron chi connectivity index (χ1n) is 7.10. The van der Waals surface area contributed by atoms with E-state index >= 15 is 0 Å². The van der Waals surface area contributed by atoms with Crippen LogP contribution in [0, 0.1) is 0 Å². The van der Waals surface area contributed by atoms with E-state index in [1.54, 1.807) is 0 Å². The van der Waals surface area contributed by atoms with Gasteiger partial charge in [0.1, 0.15) is 0 Å². The molecule has 1 aromatic carbocycles. The lowest BCUT2D eigenvalue weighted by Gasteiger charge is -2.18. The van der Waals surface area contributed by atoms with Crippen LogP contribution in [-0.4, -0.2) is 17.2 Å². The van der Waals surface area contributed by atoms with Crippen molar-refractivity contribution in [3.63, 3.8) is 0 Å². The number of benzene rings is 1. The van der Waals surface area contributed by atoms with E-state index in [9.17, 15) is 0 Å². The molecule has 2 rings (SSSR count). The van der Waals surface area contributed by atoms with Gasteiger partial charge in [-0.3, -0.25) is 0 Å². The summed E-state index contributed by atoms with van der Waals surface area (Å²) in [4.78, 5) is 2.13. The Bertz CT molecular complexity index is 560. The Morgan fingerprint density at radius 3 is 2.45 bits per heavy atom. The Labute approximate surface area is 120 Å². The first kappa shape index (κ1) is 14.6. The predicted octanol–water partition coefficient (Wildman–Crippen LogP) is 3.95. The fraction of sp³-hybridized carbons (Fsp3) is 0.500. The number of anilines is 1. The normalized spacial score (nSPS) is 11.3. The van der Waals surface area contributed by atoms with E-state index in [4.69, 9.17) is 4.42 Å². The number of hydrogen-bond donors (Lipinski definition) is 0. The van der Waals surface area contributed by atoms with Crippen molar-refractivity contribution in [1.82, 2.24) is 10.2 Å². The predicted molar refractivity (Wildman–Crippen MR) is 81.0 cm³/mol. The number of hydrogen-bond acceptors (Lipinski definition) is 4. The van der Waals surface area contributed by atoms with Crippen LogP contribution in [0.15, 0.2) is 28.7 Å². The van der Waals surface area contributed by atoms with Crippen molar-refractivity contribution >= 4 is 5.69 Å². The van der Waals surface area contributed by atoms with Crippen molar-refractivity contribution < 1.29 is 4.42 Å². The zero-order valence-corrected chi connectivity index (χ0v) is 12.9. The summed E-state index contributed by atoms with van der Waals surface area (Å²) in [5.41, 5.74) is 2.50. The minimum Gasteiger partial charge on any atom is -0.423 e. The molecule has 20 heavy (non-hydrogen) atoms. The van der Waals surface area contributed by atoms with Crippen molar-refractivity contribution in [3.8, 4) is 0 Å². The minimum absolute atomic E-state index is 0.269. The molecule has 0 saturated carbocycles. The number of rotatable bonds is 5. The van der Waals surface area contributed by atoms with E-state index in [1.807, 2.05) is 20.9 Å². The Kier molecular flexibility index (Phi) is 4.42. The molecule has 0 aliphatic heterocycles. The van der Waals surface area contributed by atoms with Crippen molar-refractivity contribution in [3.05, 3.63) is 41.6 Å².